The van der Waals surface area contributed by atoms with Gasteiger partial charge < -0.3 is 10.2 Å². The van der Waals surface area contributed by atoms with E-state index in [2.05, 4.69) is 5.32 Å². The van der Waals surface area contributed by atoms with E-state index in [4.69, 9.17) is 4.84 Å². The molecule has 0 bridgehead atoms. The van der Waals surface area contributed by atoms with Gasteiger partial charge in [0.2, 0.25) is 0 Å². The Hall–Kier alpha value is -1.72. The minimum atomic E-state index is -0.341. The summed E-state index contributed by atoms with van der Waals surface area (Å²) >= 11 is 0. The van der Waals surface area contributed by atoms with Crippen LogP contribution in [0.5, 0.6) is 0 Å². The number of hydrogen-bond acceptors (Lipinski definition) is 5. The summed E-state index contributed by atoms with van der Waals surface area (Å²) in [7, 11) is 0. The van der Waals surface area contributed by atoms with Crippen LogP contribution < -0.4 is 5.32 Å². The van der Waals surface area contributed by atoms with Gasteiger partial charge in [-0.2, -0.15) is 0 Å². The number of nitrogens with zero attached hydrogens (tertiary/aromatic N) is 1. The number of piperazine rings is 1. The number of ketones is 1. The van der Waals surface area contributed by atoms with Gasteiger partial charge in [0.25, 0.3) is 0 Å². The van der Waals surface area contributed by atoms with Crippen molar-refractivity contribution in [1.82, 2.24) is 10.4 Å². The summed E-state index contributed by atoms with van der Waals surface area (Å²) in [6, 6.07) is 8.99. The molecule has 1 fully saturated rings. The van der Waals surface area contributed by atoms with Gasteiger partial charge in [-0.05, 0) is 0 Å². The van der Waals surface area contributed by atoms with Crippen molar-refractivity contribution in [3.05, 3.63) is 35.9 Å². The maximum atomic E-state index is 11.8. The maximum Gasteiger partial charge on any atom is 0.325 e. The zero-order valence-electron chi connectivity index (χ0n) is 10.8. The largest absolute Gasteiger partial charge is 0.368 e. The lowest BCUT2D eigenvalue weighted by molar-refractivity contribution is -0.192. The lowest BCUT2D eigenvalue weighted by Gasteiger charge is -2.25. The number of nitrogens with one attached hydrogen (secondary N) is 1. The molecule has 0 atom stereocenters. The second-order valence-electron chi connectivity index (χ2n) is 4.43. The number of hydrogen-bond donors (Lipinski definition) is 1. The number of rotatable bonds is 5. The molecule has 1 aliphatic rings. The highest BCUT2D eigenvalue weighted by atomic mass is 16.7. The first-order chi connectivity index (χ1) is 9.25. The molecule has 19 heavy (non-hydrogen) atoms. The second kappa shape index (κ2) is 7.01. The van der Waals surface area contributed by atoms with Crippen molar-refractivity contribution in [1.29, 1.82) is 0 Å². The van der Waals surface area contributed by atoms with E-state index in [9.17, 15) is 9.59 Å². The van der Waals surface area contributed by atoms with E-state index in [1.165, 1.54) is 0 Å². The average molecular weight is 262 g/mol. The van der Waals surface area contributed by atoms with Crippen LogP contribution >= 0.6 is 0 Å². The van der Waals surface area contributed by atoms with Crippen LogP contribution in [0.15, 0.2) is 30.3 Å². The molecule has 5 nitrogen and oxygen atoms in total. The minimum Gasteiger partial charge on any atom is -0.368 e. The van der Waals surface area contributed by atoms with Gasteiger partial charge >= 0.3 is 5.97 Å². The van der Waals surface area contributed by atoms with Crippen LogP contribution in [-0.4, -0.2) is 43.0 Å². The Kier molecular flexibility index (Phi) is 5.06. The van der Waals surface area contributed by atoms with Crippen molar-refractivity contribution < 1.29 is 14.4 Å². The van der Waals surface area contributed by atoms with Crippen molar-refractivity contribution >= 4 is 11.8 Å². The normalized spacial score (nSPS) is 16.0. The van der Waals surface area contributed by atoms with Crippen molar-refractivity contribution in [2.45, 2.75) is 12.8 Å². The van der Waals surface area contributed by atoms with Crippen molar-refractivity contribution in [3.63, 3.8) is 0 Å². The quantitative estimate of drug-likeness (QED) is 0.803. The van der Waals surface area contributed by atoms with E-state index < -0.39 is 0 Å². The molecule has 1 aromatic rings. The number of carbonyl (C=O) groups excluding carboxylic acids is 2. The van der Waals surface area contributed by atoms with E-state index >= 15 is 0 Å². The van der Waals surface area contributed by atoms with E-state index in [0.29, 0.717) is 18.7 Å². The Morgan fingerprint density at radius 1 is 1.11 bits per heavy atom. The van der Waals surface area contributed by atoms with Crippen molar-refractivity contribution in [2.24, 2.45) is 0 Å². The highest BCUT2D eigenvalue weighted by Crippen LogP contribution is 2.06. The number of Topliss-reactive ketones (excluding diaryl/α,β-unsaturated/α-hetero) is 1. The summed E-state index contributed by atoms with van der Waals surface area (Å²) in [5, 5.41) is 4.82. The van der Waals surface area contributed by atoms with Crippen LogP contribution in [0.4, 0.5) is 0 Å². The third-order valence-corrected chi connectivity index (χ3v) is 2.96. The molecular formula is C14H18N2O3. The molecule has 0 amide bonds. The first-order valence-corrected chi connectivity index (χ1v) is 6.50. The fourth-order valence-electron chi connectivity index (χ4n) is 1.91. The Bertz CT molecular complexity index is 428. The molecule has 0 unspecified atom stereocenters. The van der Waals surface area contributed by atoms with E-state index in [1.807, 2.05) is 18.2 Å². The predicted molar refractivity (Wildman–Crippen MR) is 70.5 cm³/mol. The molecule has 1 aromatic carbocycles. The standard InChI is InChI=1S/C14H18N2O3/c17-13(12-4-2-1-3-5-12)6-7-14(18)19-16-10-8-15-9-11-16/h1-5,15H,6-11H2. The third-order valence-electron chi connectivity index (χ3n) is 2.96. The van der Waals surface area contributed by atoms with Gasteiger partial charge in [0, 0.05) is 38.2 Å². The molecule has 2 rings (SSSR count). The smallest absolute Gasteiger partial charge is 0.325 e. The maximum absolute atomic E-state index is 11.8. The van der Waals surface area contributed by atoms with Gasteiger partial charge in [0.1, 0.15) is 0 Å². The van der Waals surface area contributed by atoms with Crippen LogP contribution in [0.2, 0.25) is 0 Å². The van der Waals surface area contributed by atoms with Gasteiger partial charge in [-0.3, -0.25) is 9.59 Å². The van der Waals surface area contributed by atoms with Gasteiger partial charge in [0.05, 0.1) is 6.42 Å². The lowest BCUT2D eigenvalue weighted by Crippen LogP contribution is -2.44. The average Bonchev–Trinajstić information content (AvgIpc) is 2.47. The van der Waals surface area contributed by atoms with E-state index in [-0.39, 0.29) is 24.6 Å². The molecule has 0 spiro atoms. The zero-order valence-corrected chi connectivity index (χ0v) is 10.8. The van der Waals surface area contributed by atoms with E-state index in [1.54, 1.807) is 17.2 Å². The molecule has 0 aliphatic carbocycles. The molecule has 0 aromatic heterocycles. The molecule has 5 heteroatoms. The Morgan fingerprint density at radius 2 is 1.79 bits per heavy atom. The zero-order chi connectivity index (χ0) is 13.5. The number of benzene rings is 1. The predicted octanol–water partition coefficient (Wildman–Crippen LogP) is 1.01. The SMILES string of the molecule is O=C(CCC(=O)c1ccccc1)ON1CCNCC1. The fraction of sp³-hybridized carbons (Fsp3) is 0.429. The van der Waals surface area contributed by atoms with Crippen molar-refractivity contribution in [3.8, 4) is 0 Å². The molecule has 1 N–H and O–H groups in total. The topological polar surface area (TPSA) is 58.6 Å². The summed E-state index contributed by atoms with van der Waals surface area (Å²) in [5.74, 6) is -0.371. The molecule has 1 saturated heterocycles. The Balaban J connectivity index is 1.72. The lowest BCUT2D eigenvalue weighted by atomic mass is 10.1. The Morgan fingerprint density at radius 3 is 2.47 bits per heavy atom. The minimum absolute atomic E-state index is 0.0298. The van der Waals surface area contributed by atoms with Gasteiger partial charge in [-0.1, -0.05) is 30.3 Å². The summed E-state index contributed by atoms with van der Waals surface area (Å²) in [6.45, 7) is 3.02. The van der Waals surface area contributed by atoms with Crippen LogP contribution in [0, 0.1) is 0 Å². The van der Waals surface area contributed by atoms with Crippen LogP contribution in [0.1, 0.15) is 23.2 Å². The van der Waals surface area contributed by atoms with Crippen molar-refractivity contribution in [2.75, 3.05) is 26.2 Å². The molecule has 102 valence electrons. The highest BCUT2D eigenvalue weighted by molar-refractivity contribution is 5.97. The number of carbonyl (C=O) groups is 2. The van der Waals surface area contributed by atoms with Crippen LogP contribution in [0.25, 0.3) is 0 Å². The molecular weight excluding hydrogens is 244 g/mol. The molecule has 1 heterocycles. The van der Waals surface area contributed by atoms with Crippen LogP contribution in [-0.2, 0) is 9.63 Å². The summed E-state index contributed by atoms with van der Waals surface area (Å²) in [4.78, 5) is 28.6. The van der Waals surface area contributed by atoms with Crippen LogP contribution in [0.3, 0.4) is 0 Å². The first kappa shape index (κ1) is 13.7. The highest BCUT2D eigenvalue weighted by Gasteiger charge is 2.16. The van der Waals surface area contributed by atoms with E-state index in [0.717, 1.165) is 13.1 Å². The Labute approximate surface area is 112 Å². The van der Waals surface area contributed by atoms with Gasteiger partial charge in [0.15, 0.2) is 5.78 Å². The summed E-state index contributed by atoms with van der Waals surface area (Å²) < 4.78 is 0. The first-order valence-electron chi connectivity index (χ1n) is 6.50. The molecule has 1 aliphatic heterocycles. The third kappa shape index (κ3) is 4.46. The number of hydroxylamine groups is 2. The molecule has 0 radical (unpaired) electrons. The molecule has 0 saturated carbocycles. The fourth-order valence-corrected chi connectivity index (χ4v) is 1.91. The summed E-state index contributed by atoms with van der Waals surface area (Å²) in [5.41, 5.74) is 0.637. The second-order valence-corrected chi connectivity index (χ2v) is 4.43. The summed E-state index contributed by atoms with van der Waals surface area (Å²) in [6.07, 6.45) is 0.312. The van der Waals surface area contributed by atoms with Gasteiger partial charge in [-0.15, -0.1) is 5.06 Å². The van der Waals surface area contributed by atoms with Gasteiger partial charge in [-0.25, -0.2) is 0 Å². The monoisotopic (exact) mass is 262 g/mol.